The van der Waals surface area contributed by atoms with Crippen molar-refractivity contribution in [3.63, 3.8) is 0 Å². The predicted molar refractivity (Wildman–Crippen MR) is 50.5 cm³/mol. The second-order valence-corrected chi connectivity index (χ2v) is 3.41. The van der Waals surface area contributed by atoms with Gasteiger partial charge in [-0.1, -0.05) is 0 Å². The van der Waals surface area contributed by atoms with Gasteiger partial charge in [0.1, 0.15) is 0 Å². The highest BCUT2D eigenvalue weighted by molar-refractivity contribution is 6.05. The third-order valence-electron chi connectivity index (χ3n) is 2.35. The molecule has 81 valence electrons. The van der Waals surface area contributed by atoms with Crippen LogP contribution in [0.4, 0.5) is 4.79 Å². The molecule has 2 aliphatic rings. The van der Waals surface area contributed by atoms with Crippen molar-refractivity contribution in [2.45, 2.75) is 6.92 Å². The summed E-state index contributed by atoms with van der Waals surface area (Å²) >= 11 is 0. The lowest BCUT2D eigenvalue weighted by molar-refractivity contribution is -0.143. The summed E-state index contributed by atoms with van der Waals surface area (Å²) in [4.78, 5) is 23.2. The number of hydrogen-bond acceptors (Lipinski definition) is 4. The first-order valence-corrected chi connectivity index (χ1v) is 4.79. The van der Waals surface area contributed by atoms with Crippen LogP contribution in [-0.4, -0.2) is 48.3 Å². The van der Waals surface area contributed by atoms with Crippen LogP contribution >= 0.6 is 0 Å². The van der Waals surface area contributed by atoms with E-state index in [1.807, 2.05) is 0 Å². The molecular weight excluding hydrogens is 198 g/mol. The van der Waals surface area contributed by atoms with Gasteiger partial charge >= 0.3 is 6.03 Å². The van der Waals surface area contributed by atoms with E-state index in [1.54, 1.807) is 11.9 Å². The van der Waals surface area contributed by atoms with Gasteiger partial charge in [0.25, 0.3) is 5.91 Å². The van der Waals surface area contributed by atoms with Crippen LogP contribution in [0.2, 0.25) is 0 Å². The van der Waals surface area contributed by atoms with Gasteiger partial charge in [-0.15, -0.1) is 0 Å². The van der Waals surface area contributed by atoms with Crippen LogP contribution in [0.15, 0.2) is 11.8 Å². The van der Waals surface area contributed by atoms with E-state index >= 15 is 0 Å². The molecule has 0 aromatic rings. The van der Waals surface area contributed by atoms with E-state index in [4.69, 9.17) is 4.74 Å². The zero-order valence-electron chi connectivity index (χ0n) is 8.47. The molecule has 0 bridgehead atoms. The molecule has 0 saturated carbocycles. The number of imide groups is 1. The Labute approximate surface area is 87.4 Å². The van der Waals surface area contributed by atoms with Gasteiger partial charge in [-0.3, -0.25) is 4.79 Å². The Kier molecular flexibility index (Phi) is 2.70. The molecule has 0 spiro atoms. The van der Waals surface area contributed by atoms with Crippen molar-refractivity contribution in [1.82, 2.24) is 15.3 Å². The van der Waals surface area contributed by atoms with Gasteiger partial charge in [0, 0.05) is 24.9 Å². The number of carbonyl (C=O) groups excluding carboxylic acids is 2. The summed E-state index contributed by atoms with van der Waals surface area (Å²) in [5.41, 5.74) is 0.473. The van der Waals surface area contributed by atoms with Crippen LogP contribution in [0.25, 0.3) is 0 Å². The highest BCUT2D eigenvalue weighted by Crippen LogP contribution is 2.12. The third-order valence-corrected chi connectivity index (χ3v) is 2.35. The molecule has 0 unspecified atom stereocenters. The molecule has 1 fully saturated rings. The number of rotatable bonds is 1. The van der Waals surface area contributed by atoms with Crippen LogP contribution in [0, 0.1) is 0 Å². The Morgan fingerprint density at radius 1 is 1.33 bits per heavy atom. The first kappa shape index (κ1) is 10.1. The Balaban J connectivity index is 2.15. The van der Waals surface area contributed by atoms with E-state index < -0.39 is 6.03 Å². The van der Waals surface area contributed by atoms with Gasteiger partial charge in [0.05, 0.1) is 13.2 Å². The van der Waals surface area contributed by atoms with Crippen molar-refractivity contribution in [3.8, 4) is 0 Å². The summed E-state index contributed by atoms with van der Waals surface area (Å²) in [5, 5.41) is 6.41. The van der Waals surface area contributed by atoms with Crippen LogP contribution in [0.3, 0.4) is 0 Å². The topological polar surface area (TPSA) is 64.0 Å². The quantitative estimate of drug-likeness (QED) is 0.596. The second-order valence-electron chi connectivity index (χ2n) is 3.41. The lowest BCUT2D eigenvalue weighted by Crippen LogP contribution is -2.57. The molecule has 6 heteroatoms. The number of ether oxygens (including phenoxy) is 1. The Bertz CT molecular complexity index is 321. The van der Waals surface area contributed by atoms with Gasteiger partial charge in [0.2, 0.25) is 0 Å². The fourth-order valence-electron chi connectivity index (χ4n) is 1.52. The van der Waals surface area contributed by atoms with Gasteiger partial charge in [0.15, 0.2) is 0 Å². The van der Waals surface area contributed by atoms with E-state index in [-0.39, 0.29) is 5.91 Å². The van der Waals surface area contributed by atoms with E-state index in [2.05, 4.69) is 5.32 Å². The number of morpholine rings is 1. The molecule has 15 heavy (non-hydrogen) atoms. The van der Waals surface area contributed by atoms with Crippen LogP contribution in [0.5, 0.6) is 0 Å². The largest absolute Gasteiger partial charge is 0.379 e. The highest BCUT2D eigenvalue weighted by atomic mass is 16.5. The maximum Gasteiger partial charge on any atom is 0.365 e. The first-order chi connectivity index (χ1) is 7.20. The molecule has 0 aromatic heterocycles. The number of hydrazine groups is 1. The summed E-state index contributed by atoms with van der Waals surface area (Å²) in [7, 11) is 0. The molecule has 2 heterocycles. The number of nitrogens with zero attached hydrogens (tertiary/aromatic N) is 3. The van der Waals surface area contributed by atoms with E-state index in [1.165, 1.54) is 6.20 Å². The van der Waals surface area contributed by atoms with Crippen molar-refractivity contribution in [2.75, 3.05) is 26.3 Å². The Hall–Kier alpha value is -1.40. The fraction of sp³-hybridized carbons (Fsp3) is 0.556. The lowest BCUT2D eigenvalue weighted by atomic mass is 10.3. The first-order valence-electron chi connectivity index (χ1n) is 4.79. The molecule has 2 aliphatic heterocycles. The zero-order chi connectivity index (χ0) is 10.8. The molecule has 0 N–H and O–H groups in total. The summed E-state index contributed by atoms with van der Waals surface area (Å²) in [6.07, 6.45) is 1.31. The summed E-state index contributed by atoms with van der Waals surface area (Å²) in [6.45, 7) is 3.78. The summed E-state index contributed by atoms with van der Waals surface area (Å²) < 4.78 is 5.15. The fourth-order valence-corrected chi connectivity index (χ4v) is 1.52. The maximum absolute atomic E-state index is 11.7. The molecule has 2 rings (SSSR count). The van der Waals surface area contributed by atoms with Gasteiger partial charge < -0.3 is 4.74 Å². The van der Waals surface area contributed by atoms with E-state index in [9.17, 15) is 9.59 Å². The highest BCUT2D eigenvalue weighted by Gasteiger charge is 2.33. The molecule has 0 atom stereocenters. The predicted octanol–water partition coefficient (Wildman–Crippen LogP) is -0.296. The minimum Gasteiger partial charge on any atom is -0.379 e. The number of hydrogen-bond donors (Lipinski definition) is 0. The van der Waals surface area contributed by atoms with Crippen LogP contribution < -0.4 is 5.32 Å². The smallest absolute Gasteiger partial charge is 0.365 e. The summed E-state index contributed by atoms with van der Waals surface area (Å²) in [5.74, 6) is -0.295. The average molecular weight is 210 g/mol. The monoisotopic (exact) mass is 210 g/mol. The van der Waals surface area contributed by atoms with Gasteiger partial charge in [-0.2, -0.15) is 10.3 Å². The number of urea groups is 1. The number of amides is 3. The average Bonchev–Trinajstić information content (AvgIpc) is 2.26. The van der Waals surface area contributed by atoms with E-state index in [0.717, 1.165) is 5.01 Å². The SMILES string of the molecule is CC1=C[N]C(=O)N(N2CCOCC2)C1=O. The molecule has 6 nitrogen and oxygen atoms in total. The van der Waals surface area contributed by atoms with Crippen molar-refractivity contribution in [1.29, 1.82) is 0 Å². The van der Waals surface area contributed by atoms with Gasteiger partial charge in [-0.05, 0) is 6.92 Å². The van der Waals surface area contributed by atoms with Crippen molar-refractivity contribution >= 4 is 11.9 Å². The minimum atomic E-state index is -0.521. The standard InChI is InChI=1S/C9H12N3O3/c1-7-6-10-9(14)12(8(7)13)11-2-4-15-5-3-11/h6H,2-5H2,1H3. The minimum absolute atomic E-state index is 0.295. The van der Waals surface area contributed by atoms with E-state index in [0.29, 0.717) is 31.9 Å². The molecule has 3 amide bonds. The molecule has 1 radical (unpaired) electrons. The molecular formula is C9H12N3O3. The van der Waals surface area contributed by atoms with Crippen LogP contribution in [-0.2, 0) is 9.53 Å². The normalized spacial score (nSPS) is 23.8. The van der Waals surface area contributed by atoms with Gasteiger partial charge in [-0.25, -0.2) is 9.80 Å². The zero-order valence-corrected chi connectivity index (χ0v) is 8.47. The second kappa shape index (κ2) is 4.00. The Morgan fingerprint density at radius 2 is 2.00 bits per heavy atom. The molecule has 0 aromatic carbocycles. The number of carbonyl (C=O) groups is 2. The van der Waals surface area contributed by atoms with Crippen molar-refractivity contribution < 1.29 is 14.3 Å². The van der Waals surface area contributed by atoms with Crippen LogP contribution in [0.1, 0.15) is 6.92 Å². The third kappa shape index (κ3) is 1.86. The van der Waals surface area contributed by atoms with Crippen molar-refractivity contribution in [3.05, 3.63) is 11.8 Å². The Morgan fingerprint density at radius 3 is 2.67 bits per heavy atom. The summed E-state index contributed by atoms with van der Waals surface area (Å²) in [6, 6.07) is -0.521. The van der Waals surface area contributed by atoms with Crippen molar-refractivity contribution in [2.24, 2.45) is 0 Å². The molecule has 0 aliphatic carbocycles. The maximum atomic E-state index is 11.7. The molecule has 1 saturated heterocycles. The lowest BCUT2D eigenvalue weighted by Gasteiger charge is -2.36.